The van der Waals surface area contributed by atoms with Crippen LogP contribution < -0.4 is 5.32 Å². The number of nitriles is 1. The maximum atomic E-state index is 9.24. The van der Waals surface area contributed by atoms with E-state index in [0.29, 0.717) is 12.1 Å². The van der Waals surface area contributed by atoms with Crippen molar-refractivity contribution in [3.05, 3.63) is 0 Å². The summed E-state index contributed by atoms with van der Waals surface area (Å²) in [5.41, 5.74) is -0.409. The molecule has 4 unspecified atom stereocenters. The molecule has 0 aromatic carbocycles. The highest BCUT2D eigenvalue weighted by Crippen LogP contribution is 2.28. The van der Waals surface area contributed by atoms with Crippen molar-refractivity contribution in [2.45, 2.75) is 70.5 Å². The first-order valence-electron chi connectivity index (χ1n) is 7.24. The summed E-state index contributed by atoms with van der Waals surface area (Å²) in [6.07, 6.45) is 6.23. The highest BCUT2D eigenvalue weighted by molar-refractivity contribution is 5.04. The van der Waals surface area contributed by atoms with Crippen LogP contribution in [0.2, 0.25) is 0 Å². The van der Waals surface area contributed by atoms with E-state index >= 15 is 0 Å². The summed E-state index contributed by atoms with van der Waals surface area (Å²) in [6.45, 7) is 6.59. The average Bonchev–Trinajstić information content (AvgIpc) is 2.37. The van der Waals surface area contributed by atoms with Crippen LogP contribution in [0.4, 0.5) is 0 Å². The van der Waals surface area contributed by atoms with E-state index in [-0.39, 0.29) is 0 Å². The zero-order valence-corrected chi connectivity index (χ0v) is 12.7. The van der Waals surface area contributed by atoms with Crippen molar-refractivity contribution >= 4 is 0 Å². The quantitative estimate of drug-likeness (QED) is 0.816. The third kappa shape index (κ3) is 3.96. The van der Waals surface area contributed by atoms with Gasteiger partial charge in [0.15, 0.2) is 0 Å². The molecule has 0 bridgehead atoms. The molecular weight excluding hydrogens is 222 g/mol. The predicted molar refractivity (Wildman–Crippen MR) is 76.3 cm³/mol. The van der Waals surface area contributed by atoms with Gasteiger partial charge in [0.2, 0.25) is 0 Å². The van der Waals surface area contributed by atoms with Crippen LogP contribution in [0.15, 0.2) is 0 Å². The molecule has 0 aromatic rings. The minimum atomic E-state index is -0.409. The van der Waals surface area contributed by atoms with Gasteiger partial charge >= 0.3 is 0 Å². The molecule has 1 aliphatic carbocycles. The van der Waals surface area contributed by atoms with Crippen LogP contribution in [-0.4, -0.2) is 36.6 Å². The molecule has 0 aliphatic heterocycles. The summed E-state index contributed by atoms with van der Waals surface area (Å²) in [5.74, 6) is 0.852. The van der Waals surface area contributed by atoms with Crippen LogP contribution in [0.25, 0.3) is 0 Å². The Bertz CT molecular complexity index is 297. The summed E-state index contributed by atoms with van der Waals surface area (Å²) < 4.78 is 0. The van der Waals surface area contributed by atoms with Crippen LogP contribution in [0.3, 0.4) is 0 Å². The molecule has 1 saturated carbocycles. The van der Waals surface area contributed by atoms with Gasteiger partial charge in [-0.15, -0.1) is 0 Å². The van der Waals surface area contributed by atoms with Crippen molar-refractivity contribution in [3.63, 3.8) is 0 Å². The van der Waals surface area contributed by atoms with Crippen LogP contribution in [0.5, 0.6) is 0 Å². The molecule has 0 aromatic heterocycles. The van der Waals surface area contributed by atoms with Gasteiger partial charge in [0.1, 0.15) is 5.54 Å². The lowest BCUT2D eigenvalue weighted by Crippen LogP contribution is -2.48. The molecule has 0 heterocycles. The van der Waals surface area contributed by atoms with E-state index in [1.807, 2.05) is 14.0 Å². The van der Waals surface area contributed by atoms with Crippen molar-refractivity contribution in [2.75, 3.05) is 14.1 Å². The minimum absolute atomic E-state index is 0.409. The Morgan fingerprint density at radius 2 is 2.17 bits per heavy atom. The highest BCUT2D eigenvalue weighted by atomic mass is 15.2. The second-order valence-corrected chi connectivity index (χ2v) is 6.34. The molecule has 1 aliphatic rings. The fourth-order valence-electron chi connectivity index (χ4n) is 3.07. The van der Waals surface area contributed by atoms with Gasteiger partial charge in [0, 0.05) is 12.1 Å². The topological polar surface area (TPSA) is 39.1 Å². The molecule has 1 N–H and O–H groups in total. The molecule has 0 saturated heterocycles. The summed E-state index contributed by atoms with van der Waals surface area (Å²) in [4.78, 5) is 2.49. The first-order chi connectivity index (χ1) is 8.41. The molecule has 0 amide bonds. The van der Waals surface area contributed by atoms with E-state index < -0.39 is 5.54 Å². The molecule has 18 heavy (non-hydrogen) atoms. The van der Waals surface area contributed by atoms with E-state index in [4.69, 9.17) is 0 Å². The fourth-order valence-corrected chi connectivity index (χ4v) is 3.07. The van der Waals surface area contributed by atoms with Gasteiger partial charge in [-0.25, -0.2) is 0 Å². The van der Waals surface area contributed by atoms with Crippen molar-refractivity contribution in [1.82, 2.24) is 10.2 Å². The van der Waals surface area contributed by atoms with Gasteiger partial charge in [-0.3, -0.25) is 0 Å². The van der Waals surface area contributed by atoms with Crippen molar-refractivity contribution in [1.29, 1.82) is 5.26 Å². The Morgan fingerprint density at radius 3 is 2.67 bits per heavy atom. The van der Waals surface area contributed by atoms with E-state index in [2.05, 4.69) is 37.2 Å². The molecule has 4 atom stereocenters. The monoisotopic (exact) mass is 251 g/mol. The summed E-state index contributed by atoms with van der Waals surface area (Å²) in [7, 11) is 4.10. The maximum absolute atomic E-state index is 9.24. The Balaban J connectivity index is 2.55. The number of rotatable bonds is 5. The highest BCUT2D eigenvalue weighted by Gasteiger charge is 2.30. The standard InChI is InChI=1S/C15H29N3/c1-12-7-6-8-14(9-12)18(5)13(2)10-15(3,11-16)17-4/h12-14,17H,6-10H2,1-5H3. The zero-order chi connectivity index (χ0) is 13.8. The normalized spacial score (nSPS) is 29.6. The van der Waals surface area contributed by atoms with E-state index in [9.17, 15) is 5.26 Å². The number of hydrogen-bond donors (Lipinski definition) is 1. The minimum Gasteiger partial charge on any atom is -0.303 e. The van der Waals surface area contributed by atoms with E-state index in [1.54, 1.807) is 0 Å². The first-order valence-corrected chi connectivity index (χ1v) is 7.24. The van der Waals surface area contributed by atoms with E-state index in [0.717, 1.165) is 12.3 Å². The molecule has 1 fully saturated rings. The Morgan fingerprint density at radius 1 is 1.50 bits per heavy atom. The summed E-state index contributed by atoms with van der Waals surface area (Å²) in [5, 5.41) is 12.4. The van der Waals surface area contributed by atoms with Crippen molar-refractivity contribution in [2.24, 2.45) is 5.92 Å². The van der Waals surface area contributed by atoms with Crippen LogP contribution in [0, 0.1) is 17.2 Å². The maximum Gasteiger partial charge on any atom is 0.105 e. The van der Waals surface area contributed by atoms with Crippen LogP contribution in [-0.2, 0) is 0 Å². The predicted octanol–water partition coefficient (Wildman–Crippen LogP) is 2.78. The van der Waals surface area contributed by atoms with Crippen molar-refractivity contribution < 1.29 is 0 Å². The molecule has 0 spiro atoms. The average molecular weight is 251 g/mol. The second-order valence-electron chi connectivity index (χ2n) is 6.34. The molecule has 0 radical (unpaired) electrons. The third-order valence-electron chi connectivity index (χ3n) is 4.68. The Kier molecular flexibility index (Phi) is 5.62. The molecule has 3 heteroatoms. The van der Waals surface area contributed by atoms with Gasteiger partial charge in [0.25, 0.3) is 0 Å². The van der Waals surface area contributed by atoms with Gasteiger partial charge < -0.3 is 10.2 Å². The van der Waals surface area contributed by atoms with Gasteiger partial charge in [-0.05, 0) is 53.1 Å². The molecule has 104 valence electrons. The lowest BCUT2D eigenvalue weighted by atomic mass is 9.85. The number of nitrogens with one attached hydrogen (secondary N) is 1. The summed E-state index contributed by atoms with van der Waals surface area (Å²) >= 11 is 0. The molecule has 3 nitrogen and oxygen atoms in total. The van der Waals surface area contributed by atoms with Crippen LogP contribution in [0.1, 0.15) is 52.9 Å². The summed E-state index contributed by atoms with van der Waals surface area (Å²) in [6, 6.07) is 3.53. The van der Waals surface area contributed by atoms with Crippen LogP contribution >= 0.6 is 0 Å². The molecular formula is C15H29N3. The lowest BCUT2D eigenvalue weighted by Gasteiger charge is -2.39. The van der Waals surface area contributed by atoms with Gasteiger partial charge in [-0.2, -0.15) is 5.26 Å². The first kappa shape index (κ1) is 15.5. The SMILES string of the molecule is CNC(C)(C#N)CC(C)N(C)C1CCCC(C)C1. The zero-order valence-electron chi connectivity index (χ0n) is 12.7. The molecule has 1 rings (SSSR count). The van der Waals surface area contributed by atoms with Gasteiger partial charge in [-0.1, -0.05) is 19.8 Å². The van der Waals surface area contributed by atoms with E-state index in [1.165, 1.54) is 25.7 Å². The second kappa shape index (κ2) is 6.54. The Hall–Kier alpha value is -0.590. The Labute approximate surface area is 113 Å². The van der Waals surface area contributed by atoms with Gasteiger partial charge in [0.05, 0.1) is 6.07 Å². The van der Waals surface area contributed by atoms with Crippen molar-refractivity contribution in [3.8, 4) is 6.07 Å². The smallest absolute Gasteiger partial charge is 0.105 e. The number of hydrogen-bond acceptors (Lipinski definition) is 3. The fraction of sp³-hybridized carbons (Fsp3) is 0.933. The largest absolute Gasteiger partial charge is 0.303 e. The third-order valence-corrected chi connectivity index (χ3v) is 4.68. The number of nitrogens with zero attached hydrogens (tertiary/aromatic N) is 2. The lowest BCUT2D eigenvalue weighted by molar-refractivity contribution is 0.111.